The standard InChI is InChI=1S/C14H14F5NO4/c1-13(14(17,18)19)20(2)9(11(24-13)12(21)22)6-4-5-7(15)8(16)10(6)23-3/h4-5,9,11H,1-3H3,(H,21,22)/t9-,11+,13?/m0/s1. The second kappa shape index (κ2) is 5.85. The molecule has 134 valence electrons. The van der Waals surface area contributed by atoms with Gasteiger partial charge < -0.3 is 14.6 Å². The first-order valence-electron chi connectivity index (χ1n) is 6.68. The van der Waals surface area contributed by atoms with Crippen molar-refractivity contribution in [3.63, 3.8) is 0 Å². The molecule has 3 atom stereocenters. The number of aliphatic carboxylic acids is 1. The van der Waals surface area contributed by atoms with Gasteiger partial charge in [0.2, 0.25) is 11.5 Å². The molecule has 1 aliphatic heterocycles. The number of carboxylic acids is 1. The minimum Gasteiger partial charge on any atom is -0.493 e. The molecule has 2 rings (SSSR count). The second-order valence-electron chi connectivity index (χ2n) is 5.40. The van der Waals surface area contributed by atoms with Crippen LogP contribution < -0.4 is 4.74 Å². The van der Waals surface area contributed by atoms with Crippen LogP contribution in [0.1, 0.15) is 18.5 Å². The molecule has 0 aliphatic carbocycles. The van der Waals surface area contributed by atoms with Gasteiger partial charge in [-0.25, -0.2) is 9.18 Å². The molecule has 1 saturated heterocycles. The van der Waals surface area contributed by atoms with Crippen LogP contribution in [0.25, 0.3) is 0 Å². The number of methoxy groups -OCH3 is 1. The van der Waals surface area contributed by atoms with E-state index in [-0.39, 0.29) is 5.56 Å². The smallest absolute Gasteiger partial charge is 0.431 e. The van der Waals surface area contributed by atoms with Crippen molar-refractivity contribution in [2.75, 3.05) is 14.2 Å². The first-order chi connectivity index (χ1) is 11.0. The monoisotopic (exact) mass is 355 g/mol. The predicted octanol–water partition coefficient (Wildman–Crippen LogP) is 2.71. The van der Waals surface area contributed by atoms with Gasteiger partial charge in [0.05, 0.1) is 13.2 Å². The summed E-state index contributed by atoms with van der Waals surface area (Å²) in [6, 6.07) is 0.113. The zero-order valence-electron chi connectivity index (χ0n) is 12.8. The van der Waals surface area contributed by atoms with E-state index in [1.807, 2.05) is 0 Å². The molecule has 0 saturated carbocycles. The van der Waals surface area contributed by atoms with Crippen LogP contribution in [0.3, 0.4) is 0 Å². The highest BCUT2D eigenvalue weighted by Crippen LogP contribution is 2.50. The number of benzene rings is 1. The number of likely N-dealkylation sites (N-methyl/N-ethyl adjacent to an activating group) is 1. The predicted molar refractivity (Wildman–Crippen MR) is 70.4 cm³/mol. The molecular weight excluding hydrogens is 341 g/mol. The van der Waals surface area contributed by atoms with Crippen LogP contribution in [0.2, 0.25) is 0 Å². The van der Waals surface area contributed by atoms with E-state index in [4.69, 9.17) is 9.47 Å². The molecule has 1 aliphatic rings. The van der Waals surface area contributed by atoms with Crippen LogP contribution in [-0.4, -0.2) is 48.1 Å². The maximum atomic E-state index is 13.9. The average Bonchev–Trinajstić information content (AvgIpc) is 2.75. The van der Waals surface area contributed by atoms with Crippen molar-refractivity contribution in [2.45, 2.75) is 31.0 Å². The molecule has 24 heavy (non-hydrogen) atoms. The minimum absolute atomic E-state index is 0.265. The Balaban J connectivity index is 2.64. The Morgan fingerprint density at radius 1 is 1.38 bits per heavy atom. The topological polar surface area (TPSA) is 59.0 Å². The van der Waals surface area contributed by atoms with E-state index < -0.39 is 47.4 Å². The third kappa shape index (κ3) is 2.59. The second-order valence-corrected chi connectivity index (χ2v) is 5.40. The van der Waals surface area contributed by atoms with Gasteiger partial charge in [-0.1, -0.05) is 6.07 Å². The maximum absolute atomic E-state index is 13.9. The van der Waals surface area contributed by atoms with E-state index in [9.17, 15) is 31.9 Å². The van der Waals surface area contributed by atoms with Gasteiger partial charge in [-0.3, -0.25) is 4.90 Å². The van der Waals surface area contributed by atoms with Crippen LogP contribution in [-0.2, 0) is 9.53 Å². The third-order valence-corrected chi connectivity index (χ3v) is 4.11. The van der Waals surface area contributed by atoms with Crippen LogP contribution in [0, 0.1) is 11.6 Å². The molecule has 1 unspecified atom stereocenters. The highest BCUT2D eigenvalue weighted by molar-refractivity contribution is 5.74. The van der Waals surface area contributed by atoms with Crippen molar-refractivity contribution >= 4 is 5.97 Å². The third-order valence-electron chi connectivity index (χ3n) is 4.11. The number of hydrogen-bond donors (Lipinski definition) is 1. The zero-order valence-corrected chi connectivity index (χ0v) is 12.8. The molecule has 0 amide bonds. The van der Waals surface area contributed by atoms with E-state index >= 15 is 0 Å². The Morgan fingerprint density at radius 3 is 2.42 bits per heavy atom. The van der Waals surface area contributed by atoms with Gasteiger partial charge in [-0.2, -0.15) is 17.6 Å². The van der Waals surface area contributed by atoms with Crippen molar-refractivity contribution < 1.29 is 41.3 Å². The quantitative estimate of drug-likeness (QED) is 0.845. The Hall–Kier alpha value is -1.94. The molecule has 1 aromatic rings. The fourth-order valence-corrected chi connectivity index (χ4v) is 2.67. The van der Waals surface area contributed by atoms with Crippen LogP contribution in [0.5, 0.6) is 5.75 Å². The molecule has 1 aromatic carbocycles. The van der Waals surface area contributed by atoms with Gasteiger partial charge in [-0.05, 0) is 20.0 Å². The Morgan fingerprint density at radius 2 is 1.96 bits per heavy atom. The summed E-state index contributed by atoms with van der Waals surface area (Å²) in [6.45, 7) is 0.662. The number of ether oxygens (including phenoxy) is 2. The lowest BCUT2D eigenvalue weighted by Crippen LogP contribution is -2.52. The van der Waals surface area contributed by atoms with Crippen LogP contribution in [0.15, 0.2) is 12.1 Å². The summed E-state index contributed by atoms with van der Waals surface area (Å²) in [7, 11) is 1.98. The number of nitrogens with zero attached hydrogens (tertiary/aromatic N) is 1. The molecule has 10 heteroatoms. The van der Waals surface area contributed by atoms with E-state index in [0.29, 0.717) is 17.9 Å². The van der Waals surface area contributed by atoms with E-state index in [2.05, 4.69) is 0 Å². The molecular formula is C14H14F5NO4. The average molecular weight is 355 g/mol. The fourth-order valence-electron chi connectivity index (χ4n) is 2.67. The summed E-state index contributed by atoms with van der Waals surface area (Å²) in [5.41, 5.74) is -3.18. The molecule has 0 spiro atoms. The van der Waals surface area contributed by atoms with Crippen molar-refractivity contribution in [3.05, 3.63) is 29.3 Å². The number of halogens is 5. The molecule has 1 heterocycles. The Bertz CT molecular complexity index is 665. The SMILES string of the molecule is COc1c([C@H]2[C@H](C(=O)O)OC(C)(C(F)(F)F)N2C)ccc(F)c1F. The lowest BCUT2D eigenvalue weighted by Gasteiger charge is -2.34. The van der Waals surface area contributed by atoms with Crippen molar-refractivity contribution in [1.82, 2.24) is 4.90 Å². The van der Waals surface area contributed by atoms with Crippen molar-refractivity contribution in [1.29, 1.82) is 0 Å². The summed E-state index contributed by atoms with van der Waals surface area (Å²) in [6.07, 6.45) is -6.88. The molecule has 0 radical (unpaired) electrons. The maximum Gasteiger partial charge on any atom is 0.431 e. The summed E-state index contributed by atoms with van der Waals surface area (Å²) in [5.74, 6) is -5.05. The molecule has 0 bridgehead atoms. The zero-order chi connectivity index (χ0) is 18.4. The summed E-state index contributed by atoms with van der Waals surface area (Å²) >= 11 is 0. The van der Waals surface area contributed by atoms with Gasteiger partial charge in [-0.15, -0.1) is 0 Å². The van der Waals surface area contributed by atoms with Crippen LogP contribution >= 0.6 is 0 Å². The summed E-state index contributed by atoms with van der Waals surface area (Å²) < 4.78 is 76.6. The van der Waals surface area contributed by atoms with Gasteiger partial charge in [0.25, 0.3) is 0 Å². The lowest BCUT2D eigenvalue weighted by atomic mass is 9.98. The van der Waals surface area contributed by atoms with Gasteiger partial charge in [0.15, 0.2) is 17.7 Å². The molecule has 5 nitrogen and oxygen atoms in total. The number of carbonyl (C=O) groups is 1. The first-order valence-corrected chi connectivity index (χ1v) is 6.68. The number of alkyl halides is 3. The fraction of sp³-hybridized carbons (Fsp3) is 0.500. The summed E-state index contributed by atoms with van der Waals surface area (Å²) in [4.78, 5) is 12.0. The first kappa shape index (κ1) is 18.4. The number of rotatable bonds is 3. The lowest BCUT2D eigenvalue weighted by molar-refractivity contribution is -0.299. The summed E-state index contributed by atoms with van der Waals surface area (Å²) in [5, 5.41) is 9.22. The van der Waals surface area contributed by atoms with Gasteiger partial charge in [0.1, 0.15) is 0 Å². The van der Waals surface area contributed by atoms with E-state index in [1.54, 1.807) is 0 Å². The van der Waals surface area contributed by atoms with Crippen LogP contribution in [0.4, 0.5) is 22.0 Å². The number of carboxylic acid groups (broad SMARTS) is 1. The highest BCUT2D eigenvalue weighted by atomic mass is 19.4. The Labute approximate surface area is 133 Å². The largest absolute Gasteiger partial charge is 0.493 e. The normalized spacial score (nSPS) is 28.2. The molecule has 0 aromatic heterocycles. The van der Waals surface area contributed by atoms with E-state index in [0.717, 1.165) is 20.2 Å². The van der Waals surface area contributed by atoms with Crippen molar-refractivity contribution in [3.8, 4) is 5.75 Å². The van der Waals surface area contributed by atoms with Gasteiger partial charge in [0, 0.05) is 5.56 Å². The molecule has 1 fully saturated rings. The molecule has 1 N–H and O–H groups in total. The highest BCUT2D eigenvalue weighted by Gasteiger charge is 2.65. The van der Waals surface area contributed by atoms with Crippen molar-refractivity contribution in [2.24, 2.45) is 0 Å². The number of hydrogen-bond acceptors (Lipinski definition) is 4. The van der Waals surface area contributed by atoms with E-state index in [1.165, 1.54) is 0 Å². The minimum atomic E-state index is -4.92. The van der Waals surface area contributed by atoms with Gasteiger partial charge >= 0.3 is 12.1 Å². The Kier molecular flexibility index (Phi) is 4.49.